The average molecular weight is 450 g/mol. The van der Waals surface area contributed by atoms with Gasteiger partial charge in [-0.25, -0.2) is 0 Å². The summed E-state index contributed by atoms with van der Waals surface area (Å²) in [5, 5.41) is 0.481. The maximum Gasteiger partial charge on any atom is 0.291 e. The fraction of sp³-hybridized carbons (Fsp3) is 0.385. The van der Waals surface area contributed by atoms with Gasteiger partial charge in [-0.05, 0) is 67.6 Å². The van der Waals surface area contributed by atoms with E-state index in [0.29, 0.717) is 41.2 Å². The van der Waals surface area contributed by atoms with Crippen LogP contribution >= 0.6 is 0 Å². The molecule has 1 amide bonds. The van der Waals surface area contributed by atoms with Gasteiger partial charge in [-0.1, -0.05) is 6.07 Å². The van der Waals surface area contributed by atoms with Gasteiger partial charge in [-0.3, -0.25) is 9.59 Å². The molecule has 2 aromatic carbocycles. The van der Waals surface area contributed by atoms with Gasteiger partial charge in [0.05, 0.1) is 37.3 Å². The second-order valence-corrected chi connectivity index (χ2v) is 8.72. The number of carbonyl (C=O) groups excluding carboxylic acids is 1. The minimum atomic E-state index is -0.598. The SMILES string of the molecule is COc1ccc(C2c3c(oc4cc(C)c(C)cc4c3=O)C(=O)N2CC2CCCO2)cc1OC. The predicted octanol–water partition coefficient (Wildman–Crippen LogP) is 4.15. The van der Waals surface area contributed by atoms with Gasteiger partial charge in [0.15, 0.2) is 16.9 Å². The van der Waals surface area contributed by atoms with Crippen LogP contribution in [0, 0.1) is 13.8 Å². The first-order valence-corrected chi connectivity index (χ1v) is 11.2. The summed E-state index contributed by atoms with van der Waals surface area (Å²) in [6.07, 6.45) is 1.76. The lowest BCUT2D eigenvalue weighted by Gasteiger charge is -2.27. The Morgan fingerprint density at radius 2 is 1.79 bits per heavy atom. The van der Waals surface area contributed by atoms with Crippen molar-refractivity contribution in [3.8, 4) is 11.5 Å². The molecule has 1 fully saturated rings. The van der Waals surface area contributed by atoms with E-state index in [9.17, 15) is 9.59 Å². The van der Waals surface area contributed by atoms with Crippen molar-refractivity contribution in [2.75, 3.05) is 27.4 Å². The van der Waals surface area contributed by atoms with E-state index in [4.69, 9.17) is 18.6 Å². The fourth-order valence-electron chi connectivity index (χ4n) is 4.84. The van der Waals surface area contributed by atoms with Crippen LogP contribution in [0.3, 0.4) is 0 Å². The van der Waals surface area contributed by atoms with Crippen molar-refractivity contribution < 1.29 is 23.4 Å². The molecule has 33 heavy (non-hydrogen) atoms. The van der Waals surface area contributed by atoms with E-state index in [1.54, 1.807) is 25.2 Å². The van der Waals surface area contributed by atoms with Gasteiger partial charge in [0.25, 0.3) is 5.91 Å². The summed E-state index contributed by atoms with van der Waals surface area (Å²) in [7, 11) is 3.13. The van der Waals surface area contributed by atoms with Crippen molar-refractivity contribution in [3.63, 3.8) is 0 Å². The minimum absolute atomic E-state index is 0.0695. The monoisotopic (exact) mass is 449 g/mol. The van der Waals surface area contributed by atoms with Gasteiger partial charge in [-0.15, -0.1) is 0 Å². The minimum Gasteiger partial charge on any atom is -0.493 e. The van der Waals surface area contributed by atoms with E-state index < -0.39 is 6.04 Å². The molecule has 7 heteroatoms. The Bertz CT molecular complexity index is 1300. The zero-order valence-corrected chi connectivity index (χ0v) is 19.3. The number of fused-ring (bicyclic) bond motifs is 2. The lowest BCUT2D eigenvalue weighted by Crippen LogP contribution is -2.36. The molecule has 5 rings (SSSR count). The van der Waals surface area contributed by atoms with Gasteiger partial charge in [0, 0.05) is 13.2 Å². The Morgan fingerprint density at radius 1 is 1.03 bits per heavy atom. The van der Waals surface area contributed by atoms with Crippen LogP contribution in [-0.2, 0) is 4.74 Å². The molecule has 0 spiro atoms. The Hall–Kier alpha value is -3.32. The third-order valence-corrected chi connectivity index (χ3v) is 6.73. The van der Waals surface area contributed by atoms with Gasteiger partial charge >= 0.3 is 0 Å². The lowest BCUT2D eigenvalue weighted by atomic mass is 9.97. The van der Waals surface area contributed by atoms with E-state index in [1.807, 2.05) is 38.1 Å². The number of methoxy groups -OCH3 is 2. The standard InChI is InChI=1S/C26H27NO6/c1-14-10-18-20(11-15(14)2)33-25-22(24(18)28)23(16-7-8-19(30-3)21(12-16)31-4)27(26(25)29)13-17-6-5-9-32-17/h7-8,10-12,17,23H,5-6,9,13H2,1-4H3. The number of benzene rings is 2. The van der Waals surface area contributed by atoms with E-state index in [2.05, 4.69) is 0 Å². The number of ether oxygens (including phenoxy) is 3. The van der Waals surface area contributed by atoms with Crippen LogP contribution in [-0.4, -0.2) is 44.3 Å². The number of nitrogens with zero attached hydrogens (tertiary/aromatic N) is 1. The summed E-state index contributed by atoms with van der Waals surface area (Å²) in [5.74, 6) is 0.920. The van der Waals surface area contributed by atoms with Gasteiger partial charge in [0.1, 0.15) is 5.58 Å². The maximum atomic E-state index is 13.7. The summed E-state index contributed by atoms with van der Waals surface area (Å²) in [5.41, 5.74) is 3.37. The molecule has 7 nitrogen and oxygen atoms in total. The molecule has 0 saturated carbocycles. The first kappa shape index (κ1) is 21.5. The number of aryl methyl sites for hydroxylation is 2. The highest BCUT2D eigenvalue weighted by Gasteiger charge is 2.44. The largest absolute Gasteiger partial charge is 0.493 e. The Balaban J connectivity index is 1.72. The topological polar surface area (TPSA) is 78.2 Å². The van der Waals surface area contributed by atoms with Crippen molar-refractivity contribution in [1.82, 2.24) is 4.90 Å². The van der Waals surface area contributed by atoms with Crippen molar-refractivity contribution in [1.29, 1.82) is 0 Å². The molecule has 0 bridgehead atoms. The number of rotatable bonds is 5. The Kier molecular flexibility index (Phi) is 5.37. The van der Waals surface area contributed by atoms with Crippen molar-refractivity contribution in [2.45, 2.75) is 38.8 Å². The van der Waals surface area contributed by atoms with Gasteiger partial charge in [0.2, 0.25) is 5.76 Å². The maximum absolute atomic E-state index is 13.7. The second-order valence-electron chi connectivity index (χ2n) is 8.72. The molecule has 2 aliphatic rings. The molecule has 0 radical (unpaired) electrons. The highest BCUT2D eigenvalue weighted by molar-refractivity contribution is 5.99. The normalized spacial score (nSPS) is 19.9. The highest BCUT2D eigenvalue weighted by Crippen LogP contribution is 2.41. The summed E-state index contributed by atoms with van der Waals surface area (Å²) in [6.45, 7) is 4.98. The Labute approximate surface area is 191 Å². The smallest absolute Gasteiger partial charge is 0.291 e. The number of amides is 1. The van der Waals surface area contributed by atoms with Gasteiger partial charge in [-0.2, -0.15) is 0 Å². The molecule has 0 aliphatic carbocycles. The molecular formula is C26H27NO6. The molecular weight excluding hydrogens is 422 g/mol. The van der Waals surface area contributed by atoms with Crippen LogP contribution in [0.4, 0.5) is 0 Å². The molecule has 1 saturated heterocycles. The summed E-state index contributed by atoms with van der Waals surface area (Å²) in [4.78, 5) is 29.0. The molecule has 1 aromatic heterocycles. The van der Waals surface area contributed by atoms with Crippen LogP contribution in [0.15, 0.2) is 39.5 Å². The zero-order chi connectivity index (χ0) is 23.3. The zero-order valence-electron chi connectivity index (χ0n) is 19.3. The van der Waals surface area contributed by atoms with Gasteiger partial charge < -0.3 is 23.5 Å². The van der Waals surface area contributed by atoms with E-state index in [1.165, 1.54) is 0 Å². The van der Waals surface area contributed by atoms with Crippen LogP contribution in [0.5, 0.6) is 11.5 Å². The summed E-state index contributed by atoms with van der Waals surface area (Å²) in [6, 6.07) is 8.54. The van der Waals surface area contributed by atoms with Crippen LogP contribution in [0.2, 0.25) is 0 Å². The van der Waals surface area contributed by atoms with E-state index in [0.717, 1.165) is 29.5 Å². The molecule has 3 heterocycles. The molecule has 2 aliphatic heterocycles. The summed E-state index contributed by atoms with van der Waals surface area (Å²) < 4.78 is 22.8. The molecule has 3 aromatic rings. The van der Waals surface area contributed by atoms with Crippen LogP contribution < -0.4 is 14.9 Å². The third-order valence-electron chi connectivity index (χ3n) is 6.73. The van der Waals surface area contributed by atoms with Crippen LogP contribution in [0.1, 0.15) is 51.7 Å². The quantitative estimate of drug-likeness (QED) is 0.582. The highest BCUT2D eigenvalue weighted by atomic mass is 16.5. The second kappa shape index (κ2) is 8.23. The predicted molar refractivity (Wildman–Crippen MR) is 123 cm³/mol. The third kappa shape index (κ3) is 3.47. The average Bonchev–Trinajstić information content (AvgIpc) is 3.42. The lowest BCUT2D eigenvalue weighted by molar-refractivity contribution is 0.0486. The van der Waals surface area contributed by atoms with Crippen LogP contribution in [0.25, 0.3) is 11.0 Å². The van der Waals surface area contributed by atoms with E-state index >= 15 is 0 Å². The Morgan fingerprint density at radius 3 is 2.48 bits per heavy atom. The molecule has 2 atom stereocenters. The number of hydrogen-bond acceptors (Lipinski definition) is 6. The number of hydrogen-bond donors (Lipinski definition) is 0. The van der Waals surface area contributed by atoms with Crippen molar-refractivity contribution >= 4 is 16.9 Å². The first-order valence-electron chi connectivity index (χ1n) is 11.2. The number of carbonyl (C=O) groups is 1. The fourth-order valence-corrected chi connectivity index (χ4v) is 4.84. The molecule has 172 valence electrons. The molecule has 2 unspecified atom stereocenters. The summed E-state index contributed by atoms with van der Waals surface area (Å²) >= 11 is 0. The van der Waals surface area contributed by atoms with Crippen molar-refractivity contribution in [2.24, 2.45) is 0 Å². The first-order chi connectivity index (χ1) is 15.9. The van der Waals surface area contributed by atoms with E-state index in [-0.39, 0.29) is 23.2 Å². The molecule has 0 N–H and O–H groups in total. The van der Waals surface area contributed by atoms with Crippen molar-refractivity contribution in [3.05, 3.63) is 68.6 Å².